The van der Waals surface area contributed by atoms with Crippen LogP contribution in [0.15, 0.2) is 47.8 Å². The lowest BCUT2D eigenvalue weighted by molar-refractivity contribution is -0.141. The van der Waals surface area contributed by atoms with Crippen molar-refractivity contribution in [2.45, 2.75) is 52.8 Å². The van der Waals surface area contributed by atoms with Gasteiger partial charge in [0.2, 0.25) is 5.88 Å². The molecule has 1 aromatic heterocycles. The number of likely N-dealkylation sites (N-methyl/N-ethyl adjacent to an activating group) is 1. The minimum atomic E-state index is -4.62. The van der Waals surface area contributed by atoms with E-state index in [9.17, 15) is 18.0 Å². The molecule has 1 aliphatic rings. The summed E-state index contributed by atoms with van der Waals surface area (Å²) in [6, 6.07) is 6.95. The van der Waals surface area contributed by atoms with Gasteiger partial charge in [0.25, 0.3) is 0 Å². The summed E-state index contributed by atoms with van der Waals surface area (Å²) in [5.41, 5.74) is 0.566. The van der Waals surface area contributed by atoms with Gasteiger partial charge >= 0.3 is 12.1 Å². The fourth-order valence-electron chi connectivity index (χ4n) is 4.26. The number of hydrogen-bond acceptors (Lipinski definition) is 6. The Balaban J connectivity index is 0.00000456. The first kappa shape index (κ1) is 29.5. The van der Waals surface area contributed by atoms with Gasteiger partial charge in [0, 0.05) is 29.7 Å². The van der Waals surface area contributed by atoms with Crippen LogP contribution in [0.4, 0.5) is 18.9 Å². The molecule has 0 spiro atoms. The molecule has 1 N–H and O–H groups in total. The first-order valence-electron chi connectivity index (χ1n) is 11.8. The van der Waals surface area contributed by atoms with E-state index >= 15 is 0 Å². The zero-order chi connectivity index (χ0) is 25.8. The Kier molecular flexibility index (Phi) is 10.2. The third-order valence-electron chi connectivity index (χ3n) is 5.94. The van der Waals surface area contributed by atoms with Gasteiger partial charge < -0.3 is 19.7 Å². The minimum absolute atomic E-state index is 0. The SMILES string of the molecule is CCN(CC)CCOC(=O)C1=C(C)Nc2ccnc(OC(C)C)c2C1c1ccccc1C(F)(F)F.Cl. The molecule has 2 aromatic rings. The molecule has 10 heteroatoms. The zero-order valence-electron chi connectivity index (χ0n) is 21.1. The maximum Gasteiger partial charge on any atom is 0.416 e. The molecule has 1 atom stereocenters. The van der Waals surface area contributed by atoms with Crippen molar-refractivity contribution in [3.63, 3.8) is 0 Å². The number of anilines is 1. The van der Waals surface area contributed by atoms with Crippen molar-refractivity contribution in [2.24, 2.45) is 0 Å². The molecule has 1 aromatic carbocycles. The number of allylic oxidation sites excluding steroid dienone is 1. The Bertz CT molecular complexity index is 1090. The van der Waals surface area contributed by atoms with Crippen LogP contribution < -0.4 is 10.1 Å². The van der Waals surface area contributed by atoms with Crippen LogP contribution in [0.25, 0.3) is 0 Å². The number of aromatic nitrogens is 1. The Labute approximate surface area is 216 Å². The first-order valence-corrected chi connectivity index (χ1v) is 11.8. The van der Waals surface area contributed by atoms with Crippen molar-refractivity contribution in [2.75, 3.05) is 31.6 Å². The fourth-order valence-corrected chi connectivity index (χ4v) is 4.26. The van der Waals surface area contributed by atoms with Crippen LogP contribution in [-0.2, 0) is 15.7 Å². The minimum Gasteiger partial charge on any atom is -0.475 e. The molecule has 1 unspecified atom stereocenters. The second-order valence-corrected chi connectivity index (χ2v) is 8.59. The van der Waals surface area contributed by atoms with E-state index in [4.69, 9.17) is 9.47 Å². The lowest BCUT2D eigenvalue weighted by atomic mass is 9.79. The number of esters is 1. The average molecular weight is 528 g/mol. The predicted octanol–water partition coefficient (Wildman–Crippen LogP) is 6.03. The van der Waals surface area contributed by atoms with Crippen molar-refractivity contribution >= 4 is 24.1 Å². The summed E-state index contributed by atoms with van der Waals surface area (Å²) in [6.07, 6.45) is -3.37. The highest BCUT2D eigenvalue weighted by Crippen LogP contribution is 2.48. The normalized spacial score (nSPS) is 15.3. The molecular weight excluding hydrogens is 495 g/mol. The predicted molar refractivity (Wildman–Crippen MR) is 136 cm³/mol. The maximum atomic E-state index is 14.1. The monoisotopic (exact) mass is 527 g/mol. The van der Waals surface area contributed by atoms with Crippen molar-refractivity contribution in [3.8, 4) is 5.88 Å². The number of nitrogens with zero attached hydrogens (tertiary/aromatic N) is 2. The number of benzene rings is 1. The van der Waals surface area contributed by atoms with Gasteiger partial charge in [-0.25, -0.2) is 9.78 Å². The van der Waals surface area contributed by atoms with Gasteiger partial charge in [0.05, 0.1) is 23.2 Å². The average Bonchev–Trinajstić information content (AvgIpc) is 2.80. The number of carbonyl (C=O) groups is 1. The summed E-state index contributed by atoms with van der Waals surface area (Å²) in [7, 11) is 0. The van der Waals surface area contributed by atoms with Crippen LogP contribution in [0.5, 0.6) is 5.88 Å². The summed E-state index contributed by atoms with van der Waals surface area (Å²) in [6.45, 7) is 11.5. The molecule has 36 heavy (non-hydrogen) atoms. The lowest BCUT2D eigenvalue weighted by Crippen LogP contribution is -2.30. The molecule has 0 bridgehead atoms. The topological polar surface area (TPSA) is 63.7 Å². The molecule has 0 saturated heterocycles. The number of ether oxygens (including phenoxy) is 2. The highest BCUT2D eigenvalue weighted by Gasteiger charge is 2.42. The van der Waals surface area contributed by atoms with Gasteiger partial charge in [0.1, 0.15) is 6.61 Å². The summed E-state index contributed by atoms with van der Waals surface area (Å²) in [5.74, 6) is -1.57. The molecule has 6 nitrogen and oxygen atoms in total. The molecule has 0 saturated carbocycles. The molecule has 0 radical (unpaired) electrons. The summed E-state index contributed by atoms with van der Waals surface area (Å²) in [5, 5.41) is 3.15. The lowest BCUT2D eigenvalue weighted by Gasteiger charge is -2.32. The maximum absolute atomic E-state index is 14.1. The number of nitrogens with one attached hydrogen (secondary N) is 1. The molecule has 2 heterocycles. The summed E-state index contributed by atoms with van der Waals surface area (Å²) >= 11 is 0. The van der Waals surface area contributed by atoms with Gasteiger partial charge in [-0.15, -0.1) is 12.4 Å². The largest absolute Gasteiger partial charge is 0.475 e. The molecule has 0 fully saturated rings. The van der Waals surface area contributed by atoms with Gasteiger partial charge in [0.15, 0.2) is 0 Å². The van der Waals surface area contributed by atoms with E-state index in [-0.39, 0.29) is 42.1 Å². The van der Waals surface area contributed by atoms with Crippen LogP contribution in [0.3, 0.4) is 0 Å². The molecule has 1 aliphatic heterocycles. The second kappa shape index (κ2) is 12.5. The van der Waals surface area contributed by atoms with Crippen LogP contribution in [0.2, 0.25) is 0 Å². The Morgan fingerprint density at radius 2 is 1.83 bits per heavy atom. The standard InChI is InChI=1S/C26H32F3N3O3.ClH/c1-6-32(7-2)14-15-34-25(33)21-17(5)31-20-12-13-30-24(35-16(3)4)23(20)22(21)18-10-8-9-11-19(18)26(27,28)29;/h8-13,16,22,31H,6-7,14-15H2,1-5H3;1H. The van der Waals surface area contributed by atoms with Crippen molar-refractivity contribution < 1.29 is 27.4 Å². The number of hydrogen-bond donors (Lipinski definition) is 1. The Morgan fingerprint density at radius 1 is 1.17 bits per heavy atom. The van der Waals surface area contributed by atoms with E-state index in [0.29, 0.717) is 23.5 Å². The van der Waals surface area contributed by atoms with E-state index in [1.54, 1.807) is 26.8 Å². The first-order chi connectivity index (χ1) is 16.6. The van der Waals surface area contributed by atoms with E-state index in [1.165, 1.54) is 24.4 Å². The van der Waals surface area contributed by atoms with Crippen LogP contribution >= 0.6 is 12.4 Å². The van der Waals surface area contributed by atoms with E-state index in [1.807, 2.05) is 13.8 Å². The summed E-state index contributed by atoms with van der Waals surface area (Å²) < 4.78 is 53.7. The van der Waals surface area contributed by atoms with Crippen LogP contribution in [0.1, 0.15) is 57.2 Å². The van der Waals surface area contributed by atoms with Crippen molar-refractivity contribution in [1.29, 1.82) is 0 Å². The number of fused-ring (bicyclic) bond motifs is 1. The molecule has 3 rings (SSSR count). The van der Waals surface area contributed by atoms with Gasteiger partial charge in [-0.05, 0) is 51.6 Å². The zero-order valence-corrected chi connectivity index (χ0v) is 21.9. The highest BCUT2D eigenvalue weighted by molar-refractivity contribution is 5.95. The van der Waals surface area contributed by atoms with Gasteiger partial charge in [-0.2, -0.15) is 13.2 Å². The number of alkyl halides is 3. The quantitative estimate of drug-likeness (QED) is 0.402. The fraction of sp³-hybridized carbons (Fsp3) is 0.462. The van der Waals surface area contributed by atoms with Crippen molar-refractivity contribution in [3.05, 3.63) is 64.5 Å². The van der Waals surface area contributed by atoms with Crippen LogP contribution in [-0.4, -0.2) is 48.2 Å². The Hall–Kier alpha value is -2.78. The molecule has 0 aliphatic carbocycles. The van der Waals surface area contributed by atoms with Gasteiger partial charge in [-0.3, -0.25) is 0 Å². The second-order valence-electron chi connectivity index (χ2n) is 8.59. The number of halogens is 4. The summed E-state index contributed by atoms with van der Waals surface area (Å²) in [4.78, 5) is 19.8. The number of pyridine rings is 1. The third kappa shape index (κ3) is 6.50. The van der Waals surface area contributed by atoms with Gasteiger partial charge in [-0.1, -0.05) is 32.0 Å². The number of rotatable bonds is 9. The van der Waals surface area contributed by atoms with Crippen LogP contribution in [0, 0.1) is 0 Å². The highest BCUT2D eigenvalue weighted by atomic mass is 35.5. The third-order valence-corrected chi connectivity index (χ3v) is 5.94. The smallest absolute Gasteiger partial charge is 0.416 e. The van der Waals surface area contributed by atoms with Crippen molar-refractivity contribution in [1.82, 2.24) is 9.88 Å². The Morgan fingerprint density at radius 3 is 2.44 bits per heavy atom. The molecule has 198 valence electrons. The molecular formula is C26H33ClF3N3O3. The van der Waals surface area contributed by atoms with E-state index in [0.717, 1.165) is 19.2 Å². The number of carbonyl (C=O) groups excluding carboxylic acids is 1. The van der Waals surface area contributed by atoms with E-state index in [2.05, 4.69) is 15.2 Å². The van der Waals surface area contributed by atoms with E-state index < -0.39 is 23.6 Å². The molecule has 0 amide bonds.